The quantitative estimate of drug-likeness (QED) is 0.756. The minimum atomic E-state index is -0.676. The van der Waals surface area contributed by atoms with Crippen LogP contribution >= 0.6 is 0 Å². The van der Waals surface area contributed by atoms with Crippen LogP contribution in [-0.4, -0.2) is 29.6 Å². The maximum Gasteiger partial charge on any atom is 0.150 e. The summed E-state index contributed by atoms with van der Waals surface area (Å²) in [4.78, 5) is 1.36. The summed E-state index contributed by atoms with van der Waals surface area (Å²) in [5.41, 5.74) is 0.113. The van der Waals surface area contributed by atoms with Crippen molar-refractivity contribution in [1.82, 2.24) is 20.6 Å². The highest BCUT2D eigenvalue weighted by atomic mass is 19.1. The molecule has 1 aromatic heterocycles. The molecule has 1 heterocycles. The second kappa shape index (κ2) is 3.84. The Bertz CT molecular complexity index is 472. The zero-order valence-electron chi connectivity index (χ0n) is 8.65. The highest BCUT2D eigenvalue weighted by Gasteiger charge is 2.13. The highest BCUT2D eigenvalue weighted by Crippen LogP contribution is 2.26. The fraction of sp³-hybridized carbons (Fsp3) is 0.222. The largest absolute Gasteiger partial charge is 0.373 e. The number of hydrogen-bond acceptors (Lipinski definition) is 4. The molecule has 16 heavy (non-hydrogen) atoms. The van der Waals surface area contributed by atoms with E-state index in [-0.39, 0.29) is 17.1 Å². The lowest BCUT2D eigenvalue weighted by Gasteiger charge is -2.15. The first-order valence-electron chi connectivity index (χ1n) is 4.45. The molecule has 7 heteroatoms. The van der Waals surface area contributed by atoms with Crippen molar-refractivity contribution < 1.29 is 8.78 Å². The van der Waals surface area contributed by atoms with E-state index in [9.17, 15) is 8.78 Å². The van der Waals surface area contributed by atoms with Crippen molar-refractivity contribution in [2.75, 3.05) is 19.0 Å². The first kappa shape index (κ1) is 10.5. The van der Waals surface area contributed by atoms with Gasteiger partial charge in [0.15, 0.2) is 0 Å². The van der Waals surface area contributed by atoms with Crippen LogP contribution in [0.25, 0.3) is 11.4 Å². The average molecular weight is 224 g/mol. The van der Waals surface area contributed by atoms with E-state index >= 15 is 0 Å². The average Bonchev–Trinajstić information content (AvgIpc) is 2.67. The molecule has 0 N–H and O–H groups in total. The zero-order chi connectivity index (χ0) is 11.7. The number of halogens is 2. The number of benzene rings is 1. The summed E-state index contributed by atoms with van der Waals surface area (Å²) in [6.45, 7) is 0. The van der Waals surface area contributed by atoms with Crippen LogP contribution in [0, 0.1) is 11.6 Å². The Morgan fingerprint density at radius 3 is 2.25 bits per heavy atom. The van der Waals surface area contributed by atoms with E-state index in [0.29, 0.717) is 0 Å². The molecule has 0 atom stereocenters. The summed E-state index contributed by atoms with van der Waals surface area (Å²) in [5, 5.41) is 13.5. The molecule has 0 aliphatic heterocycles. The van der Waals surface area contributed by atoms with Gasteiger partial charge in [-0.05, 0) is 17.7 Å². The monoisotopic (exact) mass is 224 g/mol. The molecule has 0 aliphatic rings. The van der Waals surface area contributed by atoms with Crippen molar-refractivity contribution in [3.05, 3.63) is 23.8 Å². The van der Waals surface area contributed by atoms with Gasteiger partial charge >= 0.3 is 0 Å². The predicted octanol–water partition coefficient (Wildman–Crippen LogP) is 0.840. The van der Waals surface area contributed by atoms with Crippen molar-refractivity contribution >= 4 is 5.69 Å². The molecular weight excluding hydrogens is 216 g/mol. The maximum absolute atomic E-state index is 13.6. The third-order valence-corrected chi connectivity index (χ3v) is 2.04. The Kier molecular flexibility index (Phi) is 2.51. The third-order valence-electron chi connectivity index (χ3n) is 2.04. The molecule has 0 saturated heterocycles. The van der Waals surface area contributed by atoms with Gasteiger partial charge in [-0.25, -0.2) is 8.78 Å². The van der Waals surface area contributed by atoms with Gasteiger partial charge in [-0.15, -0.1) is 0 Å². The van der Waals surface area contributed by atoms with Crippen LogP contribution in [0.2, 0.25) is 0 Å². The fourth-order valence-corrected chi connectivity index (χ4v) is 1.38. The van der Waals surface area contributed by atoms with Gasteiger partial charge in [0.05, 0.1) is 0 Å². The molecule has 0 amide bonds. The molecule has 5 nitrogen and oxygen atoms in total. The van der Waals surface area contributed by atoms with Gasteiger partial charge in [0.2, 0.25) is 0 Å². The Morgan fingerprint density at radius 1 is 1.19 bits per heavy atom. The van der Waals surface area contributed by atoms with E-state index in [1.165, 1.54) is 4.90 Å². The first-order chi connectivity index (χ1) is 7.59. The Balaban J connectivity index is 2.53. The highest BCUT2D eigenvalue weighted by molar-refractivity contribution is 5.61. The lowest BCUT2D eigenvalue weighted by atomic mass is 10.1. The van der Waals surface area contributed by atoms with Crippen LogP contribution in [0.3, 0.4) is 0 Å². The number of tetrazole rings is 1. The van der Waals surface area contributed by atoms with E-state index in [4.69, 9.17) is 0 Å². The van der Waals surface area contributed by atoms with Crippen molar-refractivity contribution in [1.29, 1.82) is 0 Å². The Hall–Kier alpha value is -2.05. The standard InChI is InChI=1S/C9H8F2N5/c1-16(2)8-6(10)3-5(4-7(8)11)9-12-14-15-13-9/h3-4H,1-2H3/q-1. The van der Waals surface area contributed by atoms with Gasteiger partial charge in [0.25, 0.3) is 0 Å². The Morgan fingerprint density at radius 2 is 1.81 bits per heavy atom. The molecule has 0 saturated carbocycles. The molecule has 1 aromatic carbocycles. The summed E-state index contributed by atoms with van der Waals surface area (Å²) in [6, 6.07) is 2.30. The SMILES string of the molecule is CN(C)c1c(F)cc(-c2nnn[n-]2)cc1F. The van der Waals surface area contributed by atoms with Crippen molar-refractivity contribution in [2.24, 2.45) is 0 Å². The fourth-order valence-electron chi connectivity index (χ4n) is 1.38. The summed E-state index contributed by atoms with van der Waals surface area (Å²) in [6.07, 6.45) is 0. The summed E-state index contributed by atoms with van der Waals surface area (Å²) >= 11 is 0. The van der Waals surface area contributed by atoms with Crippen molar-refractivity contribution in [3.63, 3.8) is 0 Å². The minimum Gasteiger partial charge on any atom is -0.373 e. The summed E-state index contributed by atoms with van der Waals surface area (Å²) in [5.74, 6) is -1.25. The molecule has 0 aliphatic carbocycles. The zero-order valence-corrected chi connectivity index (χ0v) is 8.65. The first-order valence-corrected chi connectivity index (χ1v) is 4.45. The van der Waals surface area contributed by atoms with Gasteiger partial charge < -0.3 is 10.00 Å². The lowest BCUT2D eigenvalue weighted by molar-refractivity contribution is 0.582. The Labute approximate surface area is 90.1 Å². The van der Waals surface area contributed by atoms with Gasteiger partial charge in [0.1, 0.15) is 17.3 Å². The number of nitrogens with zero attached hydrogens (tertiary/aromatic N) is 5. The van der Waals surface area contributed by atoms with Gasteiger partial charge in [-0.1, -0.05) is 0 Å². The van der Waals surface area contributed by atoms with Crippen LogP contribution in [-0.2, 0) is 0 Å². The number of rotatable bonds is 2. The predicted molar refractivity (Wildman–Crippen MR) is 52.8 cm³/mol. The summed E-state index contributed by atoms with van der Waals surface area (Å²) < 4.78 is 27.2. The molecule has 0 fully saturated rings. The van der Waals surface area contributed by atoms with E-state index in [1.807, 2.05) is 0 Å². The molecule has 0 unspecified atom stereocenters. The maximum atomic E-state index is 13.6. The molecule has 0 radical (unpaired) electrons. The molecule has 0 bridgehead atoms. The van der Waals surface area contributed by atoms with E-state index in [2.05, 4.69) is 20.6 Å². The molecule has 2 rings (SSSR count). The smallest absolute Gasteiger partial charge is 0.150 e. The molecular formula is C9H8F2N5-. The minimum absolute atomic E-state index is 0.100. The van der Waals surface area contributed by atoms with E-state index in [1.54, 1.807) is 14.1 Å². The second-order valence-corrected chi connectivity index (χ2v) is 3.39. The normalized spacial score (nSPS) is 10.5. The van der Waals surface area contributed by atoms with Gasteiger partial charge in [-0.3, -0.25) is 10.3 Å². The van der Waals surface area contributed by atoms with E-state index < -0.39 is 11.6 Å². The van der Waals surface area contributed by atoms with Crippen LogP contribution in [0.4, 0.5) is 14.5 Å². The molecule has 0 spiro atoms. The molecule has 84 valence electrons. The number of anilines is 1. The summed E-state index contributed by atoms with van der Waals surface area (Å²) in [7, 11) is 3.12. The van der Waals surface area contributed by atoms with Gasteiger partial charge in [-0.2, -0.15) is 5.21 Å². The van der Waals surface area contributed by atoms with Gasteiger partial charge in [0, 0.05) is 19.9 Å². The van der Waals surface area contributed by atoms with Crippen molar-refractivity contribution in [2.45, 2.75) is 0 Å². The molecule has 2 aromatic rings. The second-order valence-electron chi connectivity index (χ2n) is 3.39. The van der Waals surface area contributed by atoms with E-state index in [0.717, 1.165) is 12.1 Å². The van der Waals surface area contributed by atoms with Crippen LogP contribution < -0.4 is 10.00 Å². The third kappa shape index (κ3) is 1.71. The van der Waals surface area contributed by atoms with Crippen LogP contribution in [0.5, 0.6) is 0 Å². The number of aromatic nitrogens is 4. The van der Waals surface area contributed by atoms with Crippen LogP contribution in [0.15, 0.2) is 12.1 Å². The van der Waals surface area contributed by atoms with Crippen molar-refractivity contribution in [3.8, 4) is 11.4 Å². The lowest BCUT2D eigenvalue weighted by Crippen LogP contribution is -2.13. The van der Waals surface area contributed by atoms with Crippen LogP contribution in [0.1, 0.15) is 0 Å². The number of hydrogen-bond donors (Lipinski definition) is 0. The topological polar surface area (TPSA) is 56.0 Å².